The van der Waals surface area contributed by atoms with Gasteiger partial charge in [0.25, 0.3) is 0 Å². The van der Waals surface area contributed by atoms with Gasteiger partial charge < -0.3 is 0 Å². The predicted octanol–water partition coefficient (Wildman–Crippen LogP) is 6.56. The van der Waals surface area contributed by atoms with Crippen LogP contribution in [0.1, 0.15) is 61.6 Å². The second-order valence-corrected chi connectivity index (χ2v) is 9.01. The van der Waals surface area contributed by atoms with Crippen LogP contribution in [0.4, 0.5) is 0 Å². The van der Waals surface area contributed by atoms with Crippen LogP contribution >= 0.6 is 15.9 Å². The monoisotopic (exact) mass is 413 g/mol. The van der Waals surface area contributed by atoms with Crippen molar-refractivity contribution in [2.75, 3.05) is 13.1 Å². The zero-order chi connectivity index (χ0) is 18.2. The van der Waals surface area contributed by atoms with Gasteiger partial charge in [-0.15, -0.1) is 0 Å². The Morgan fingerprint density at radius 3 is 2.35 bits per heavy atom. The first kappa shape index (κ1) is 19.6. The molecule has 0 bridgehead atoms. The summed E-state index contributed by atoms with van der Waals surface area (Å²) in [5.41, 5.74) is 4.44. The molecule has 2 heteroatoms. The van der Waals surface area contributed by atoms with Gasteiger partial charge in [0.15, 0.2) is 0 Å². The third-order valence-corrected chi connectivity index (χ3v) is 6.38. The standard InChI is InChI=1S/C24H32BrN/c1-2-16-26(19-21-7-4-3-5-8-21)17-6-9-20-10-12-22(13-11-20)23-14-15-24(25)18-23/h3-5,7-8,10-13,23-24H,2,6,9,14-19H2,1H3. The molecule has 0 radical (unpaired) electrons. The molecule has 2 atom stereocenters. The quantitative estimate of drug-likeness (QED) is 0.420. The number of aryl methyl sites for hydroxylation is 1. The van der Waals surface area contributed by atoms with Crippen molar-refractivity contribution in [3.8, 4) is 0 Å². The molecule has 0 saturated heterocycles. The SMILES string of the molecule is CCCN(CCCc1ccc(C2CCC(Br)C2)cc1)Cc1ccccc1. The Hall–Kier alpha value is -1.12. The number of alkyl halides is 1. The number of hydrogen-bond acceptors (Lipinski definition) is 1. The summed E-state index contributed by atoms with van der Waals surface area (Å²) in [6, 6.07) is 20.3. The first-order valence-corrected chi connectivity index (χ1v) is 11.2. The summed E-state index contributed by atoms with van der Waals surface area (Å²) in [6.07, 6.45) is 7.59. The maximum Gasteiger partial charge on any atom is 0.0233 e. The summed E-state index contributed by atoms with van der Waals surface area (Å²) in [7, 11) is 0. The van der Waals surface area contributed by atoms with Gasteiger partial charge in [-0.2, -0.15) is 0 Å². The normalized spacial score (nSPS) is 20.0. The number of benzene rings is 2. The molecule has 140 valence electrons. The Balaban J connectivity index is 1.46. The number of halogens is 1. The van der Waals surface area contributed by atoms with Crippen molar-refractivity contribution in [3.63, 3.8) is 0 Å². The first-order chi connectivity index (χ1) is 12.7. The first-order valence-electron chi connectivity index (χ1n) is 10.2. The van der Waals surface area contributed by atoms with E-state index in [1.807, 2.05) is 0 Å². The molecule has 0 aliphatic heterocycles. The molecule has 0 amide bonds. The number of hydrogen-bond donors (Lipinski definition) is 0. The van der Waals surface area contributed by atoms with E-state index in [1.54, 1.807) is 0 Å². The molecular weight excluding hydrogens is 382 g/mol. The van der Waals surface area contributed by atoms with Crippen molar-refractivity contribution in [1.82, 2.24) is 4.90 Å². The highest BCUT2D eigenvalue weighted by Gasteiger charge is 2.23. The molecule has 0 N–H and O–H groups in total. The molecule has 0 spiro atoms. The number of rotatable bonds is 9. The van der Waals surface area contributed by atoms with Crippen molar-refractivity contribution < 1.29 is 0 Å². The van der Waals surface area contributed by atoms with E-state index in [1.165, 1.54) is 68.3 Å². The van der Waals surface area contributed by atoms with E-state index in [0.717, 1.165) is 17.3 Å². The summed E-state index contributed by atoms with van der Waals surface area (Å²) in [6.45, 7) is 5.71. The third-order valence-electron chi connectivity index (χ3n) is 5.55. The highest BCUT2D eigenvalue weighted by Crippen LogP contribution is 2.37. The lowest BCUT2D eigenvalue weighted by Crippen LogP contribution is -2.25. The minimum Gasteiger partial charge on any atom is -0.299 e. The zero-order valence-electron chi connectivity index (χ0n) is 16.0. The smallest absolute Gasteiger partial charge is 0.0233 e. The van der Waals surface area contributed by atoms with Gasteiger partial charge in [-0.05, 0) is 74.2 Å². The highest BCUT2D eigenvalue weighted by atomic mass is 79.9. The third kappa shape index (κ3) is 5.96. The molecule has 1 aliphatic rings. The Morgan fingerprint density at radius 2 is 1.69 bits per heavy atom. The molecule has 26 heavy (non-hydrogen) atoms. The number of nitrogens with zero attached hydrogens (tertiary/aromatic N) is 1. The van der Waals surface area contributed by atoms with Crippen LogP contribution in [0.15, 0.2) is 54.6 Å². The van der Waals surface area contributed by atoms with Crippen LogP contribution in [0.3, 0.4) is 0 Å². The van der Waals surface area contributed by atoms with Crippen LogP contribution < -0.4 is 0 Å². The van der Waals surface area contributed by atoms with E-state index in [2.05, 4.69) is 82.4 Å². The van der Waals surface area contributed by atoms with Gasteiger partial charge in [0, 0.05) is 11.4 Å². The largest absolute Gasteiger partial charge is 0.299 e. The molecule has 3 rings (SSSR count). The fraction of sp³-hybridized carbons (Fsp3) is 0.500. The molecule has 1 fully saturated rings. The van der Waals surface area contributed by atoms with E-state index < -0.39 is 0 Å². The van der Waals surface area contributed by atoms with Crippen LogP contribution in [0, 0.1) is 0 Å². The van der Waals surface area contributed by atoms with Crippen molar-refractivity contribution >= 4 is 15.9 Å². The molecule has 2 aromatic carbocycles. The van der Waals surface area contributed by atoms with Gasteiger partial charge in [0.1, 0.15) is 0 Å². The van der Waals surface area contributed by atoms with Crippen molar-refractivity contribution in [2.24, 2.45) is 0 Å². The van der Waals surface area contributed by atoms with Gasteiger partial charge in [-0.1, -0.05) is 77.5 Å². The average Bonchev–Trinajstić information content (AvgIpc) is 3.10. The molecule has 2 aromatic rings. The topological polar surface area (TPSA) is 3.24 Å². The molecule has 1 aliphatic carbocycles. The van der Waals surface area contributed by atoms with E-state index >= 15 is 0 Å². The van der Waals surface area contributed by atoms with Crippen LogP contribution in [-0.4, -0.2) is 22.8 Å². The Morgan fingerprint density at radius 1 is 0.923 bits per heavy atom. The van der Waals surface area contributed by atoms with Crippen molar-refractivity contribution in [1.29, 1.82) is 0 Å². The molecule has 1 nitrogen and oxygen atoms in total. The molecular formula is C24H32BrN. The summed E-state index contributed by atoms with van der Waals surface area (Å²) in [5, 5.41) is 0. The van der Waals surface area contributed by atoms with Gasteiger partial charge in [0.05, 0.1) is 0 Å². The van der Waals surface area contributed by atoms with E-state index in [9.17, 15) is 0 Å². The maximum absolute atomic E-state index is 3.77. The van der Waals surface area contributed by atoms with E-state index in [0.29, 0.717) is 0 Å². The highest BCUT2D eigenvalue weighted by molar-refractivity contribution is 9.09. The fourth-order valence-corrected chi connectivity index (χ4v) is 4.84. The summed E-state index contributed by atoms with van der Waals surface area (Å²) in [5.74, 6) is 0.763. The summed E-state index contributed by atoms with van der Waals surface area (Å²) < 4.78 is 0. The predicted molar refractivity (Wildman–Crippen MR) is 116 cm³/mol. The Kier molecular flexibility index (Phi) is 7.76. The fourth-order valence-electron chi connectivity index (χ4n) is 4.12. The van der Waals surface area contributed by atoms with Crippen LogP contribution in [0.2, 0.25) is 0 Å². The van der Waals surface area contributed by atoms with Gasteiger partial charge in [0.2, 0.25) is 0 Å². The second kappa shape index (κ2) is 10.3. The lowest BCUT2D eigenvalue weighted by Gasteiger charge is -2.22. The second-order valence-electron chi connectivity index (χ2n) is 7.71. The van der Waals surface area contributed by atoms with Crippen LogP contribution in [0.25, 0.3) is 0 Å². The van der Waals surface area contributed by atoms with Crippen LogP contribution in [0.5, 0.6) is 0 Å². The minimum absolute atomic E-state index is 0.723. The Labute approximate surface area is 167 Å². The molecule has 1 saturated carbocycles. The minimum atomic E-state index is 0.723. The van der Waals surface area contributed by atoms with Crippen molar-refractivity contribution in [3.05, 3.63) is 71.3 Å². The van der Waals surface area contributed by atoms with E-state index in [-0.39, 0.29) is 0 Å². The van der Waals surface area contributed by atoms with Crippen LogP contribution in [-0.2, 0) is 13.0 Å². The van der Waals surface area contributed by atoms with Gasteiger partial charge in [-0.3, -0.25) is 4.90 Å². The molecule has 0 aromatic heterocycles. The lowest BCUT2D eigenvalue weighted by molar-refractivity contribution is 0.262. The Bertz CT molecular complexity index is 637. The van der Waals surface area contributed by atoms with E-state index in [4.69, 9.17) is 0 Å². The molecule has 2 unspecified atom stereocenters. The van der Waals surface area contributed by atoms with Gasteiger partial charge in [-0.25, -0.2) is 0 Å². The maximum atomic E-state index is 3.77. The lowest BCUT2D eigenvalue weighted by atomic mass is 9.96. The van der Waals surface area contributed by atoms with Gasteiger partial charge >= 0.3 is 0 Å². The summed E-state index contributed by atoms with van der Waals surface area (Å²) >= 11 is 3.77. The van der Waals surface area contributed by atoms with Crippen molar-refractivity contribution in [2.45, 2.75) is 62.7 Å². The molecule has 0 heterocycles. The zero-order valence-corrected chi connectivity index (χ0v) is 17.6. The average molecular weight is 414 g/mol. The summed E-state index contributed by atoms with van der Waals surface area (Å²) in [4.78, 5) is 3.32.